The van der Waals surface area contributed by atoms with E-state index in [2.05, 4.69) is 26.1 Å². The molecule has 0 aliphatic carbocycles. The van der Waals surface area contributed by atoms with Crippen LogP contribution >= 0.6 is 0 Å². The van der Waals surface area contributed by atoms with Crippen LogP contribution in [0.3, 0.4) is 0 Å². The fourth-order valence-corrected chi connectivity index (χ4v) is 1.46. The van der Waals surface area contributed by atoms with Gasteiger partial charge in [-0.3, -0.25) is 0 Å². The maximum atomic E-state index is 5.58. The van der Waals surface area contributed by atoms with E-state index in [1.54, 1.807) is 13.4 Å². The lowest BCUT2D eigenvalue weighted by atomic mass is 10.1. The molecule has 0 saturated carbocycles. The topological polar surface area (TPSA) is 43.6 Å². The molecule has 0 amide bonds. The van der Waals surface area contributed by atoms with Gasteiger partial charge in [0.25, 0.3) is 0 Å². The molecule has 18 heavy (non-hydrogen) atoms. The summed E-state index contributed by atoms with van der Waals surface area (Å²) in [6, 6.07) is 2.03. The minimum absolute atomic E-state index is 0.126. The average Bonchev–Trinajstić information content (AvgIpc) is 2.80. The highest BCUT2D eigenvalue weighted by Gasteiger charge is 2.15. The van der Waals surface area contributed by atoms with Crippen LogP contribution in [0.25, 0.3) is 0 Å². The number of ether oxygens (including phenoxy) is 2. The fraction of sp³-hybridized carbons (Fsp3) is 0.714. The van der Waals surface area contributed by atoms with E-state index in [9.17, 15) is 0 Å². The van der Waals surface area contributed by atoms with Crippen LogP contribution in [0, 0.1) is 0 Å². The van der Waals surface area contributed by atoms with Gasteiger partial charge in [-0.1, -0.05) is 6.92 Å². The molecule has 1 N–H and O–H groups in total. The van der Waals surface area contributed by atoms with Gasteiger partial charge in [0.2, 0.25) is 0 Å². The number of hydrogen-bond acceptors (Lipinski definition) is 4. The van der Waals surface area contributed by atoms with Gasteiger partial charge in [-0.15, -0.1) is 0 Å². The first kappa shape index (κ1) is 15.2. The van der Waals surface area contributed by atoms with Crippen LogP contribution in [0.4, 0.5) is 0 Å². The highest BCUT2D eigenvalue weighted by molar-refractivity contribution is 5.11. The Hall–Kier alpha value is -0.840. The van der Waals surface area contributed by atoms with Crippen molar-refractivity contribution in [2.24, 2.45) is 0 Å². The number of methoxy groups -OCH3 is 1. The van der Waals surface area contributed by atoms with Crippen LogP contribution in [0.2, 0.25) is 0 Å². The monoisotopic (exact) mass is 255 g/mol. The molecule has 4 heteroatoms. The van der Waals surface area contributed by atoms with E-state index >= 15 is 0 Å². The van der Waals surface area contributed by atoms with E-state index in [0.29, 0.717) is 13.2 Å². The largest absolute Gasteiger partial charge is 0.467 e. The molecule has 0 fully saturated rings. The number of nitrogens with one attached hydrogen (secondary N) is 1. The summed E-state index contributed by atoms with van der Waals surface area (Å²) in [7, 11) is 1.72. The van der Waals surface area contributed by atoms with E-state index in [-0.39, 0.29) is 5.60 Å². The first-order valence-corrected chi connectivity index (χ1v) is 6.47. The minimum Gasteiger partial charge on any atom is -0.467 e. The molecule has 104 valence electrons. The van der Waals surface area contributed by atoms with Gasteiger partial charge in [-0.2, -0.15) is 0 Å². The molecule has 0 bridgehead atoms. The molecule has 0 radical (unpaired) electrons. The number of hydrogen-bond donors (Lipinski definition) is 1. The third-order valence-corrected chi connectivity index (χ3v) is 2.93. The Labute approximate surface area is 110 Å². The lowest BCUT2D eigenvalue weighted by Crippen LogP contribution is -2.24. The van der Waals surface area contributed by atoms with E-state index in [4.69, 9.17) is 13.9 Å². The second-order valence-electron chi connectivity index (χ2n) is 4.97. The molecule has 1 rings (SSSR count). The first-order chi connectivity index (χ1) is 8.57. The highest BCUT2D eigenvalue weighted by atomic mass is 16.5. The molecule has 4 nitrogen and oxygen atoms in total. The average molecular weight is 255 g/mol. The zero-order valence-corrected chi connectivity index (χ0v) is 11.9. The molecule has 0 aliphatic heterocycles. The standard InChI is InChI=1S/C14H25NO3/c1-5-15-9-12-8-13(18-10-12)11-17-7-6-14(2,3)16-4/h8,10,15H,5-7,9,11H2,1-4H3. The van der Waals surface area contributed by atoms with Gasteiger partial charge in [0.15, 0.2) is 0 Å². The molecule has 0 atom stereocenters. The van der Waals surface area contributed by atoms with Crippen LogP contribution in [0.5, 0.6) is 0 Å². The van der Waals surface area contributed by atoms with Gasteiger partial charge < -0.3 is 19.2 Å². The third-order valence-electron chi connectivity index (χ3n) is 2.93. The lowest BCUT2D eigenvalue weighted by molar-refractivity contribution is -0.0143. The molecule has 0 aromatic carbocycles. The Kier molecular flexibility index (Phi) is 6.39. The Morgan fingerprint density at radius 2 is 2.17 bits per heavy atom. The van der Waals surface area contributed by atoms with E-state index in [1.807, 2.05) is 6.07 Å². The summed E-state index contributed by atoms with van der Waals surface area (Å²) in [5.74, 6) is 0.873. The predicted molar refractivity (Wildman–Crippen MR) is 71.4 cm³/mol. The SMILES string of the molecule is CCNCc1coc(COCCC(C)(C)OC)c1. The van der Waals surface area contributed by atoms with Gasteiger partial charge in [0, 0.05) is 25.8 Å². The molecule has 0 aliphatic rings. The zero-order valence-electron chi connectivity index (χ0n) is 11.9. The maximum absolute atomic E-state index is 5.58. The van der Waals surface area contributed by atoms with Gasteiger partial charge >= 0.3 is 0 Å². The summed E-state index contributed by atoms with van der Waals surface area (Å²) < 4.78 is 16.3. The number of rotatable bonds is 9. The second-order valence-corrected chi connectivity index (χ2v) is 4.97. The van der Waals surface area contributed by atoms with E-state index in [1.165, 1.54) is 0 Å². The molecular formula is C14H25NO3. The lowest BCUT2D eigenvalue weighted by Gasteiger charge is -2.22. The Bertz CT molecular complexity index is 334. The second kappa shape index (κ2) is 7.56. The number of furan rings is 1. The molecule has 0 spiro atoms. The smallest absolute Gasteiger partial charge is 0.129 e. The van der Waals surface area contributed by atoms with Crippen molar-refractivity contribution in [1.29, 1.82) is 0 Å². The highest BCUT2D eigenvalue weighted by Crippen LogP contribution is 2.14. The van der Waals surface area contributed by atoms with Gasteiger partial charge in [-0.05, 0) is 32.9 Å². The van der Waals surface area contributed by atoms with Gasteiger partial charge in [0.05, 0.1) is 11.9 Å². The van der Waals surface area contributed by atoms with Crippen molar-refractivity contribution in [2.75, 3.05) is 20.3 Å². The first-order valence-electron chi connectivity index (χ1n) is 6.47. The summed E-state index contributed by atoms with van der Waals surface area (Å²) in [6.45, 7) is 9.19. The molecule has 0 unspecified atom stereocenters. The van der Waals surface area contributed by atoms with Crippen molar-refractivity contribution in [2.45, 2.75) is 45.9 Å². The van der Waals surface area contributed by atoms with Crippen molar-refractivity contribution >= 4 is 0 Å². The van der Waals surface area contributed by atoms with Crippen LogP contribution in [0.15, 0.2) is 16.7 Å². The summed E-state index contributed by atoms with van der Waals surface area (Å²) in [6.07, 6.45) is 2.65. The zero-order chi connectivity index (χ0) is 13.4. The maximum Gasteiger partial charge on any atom is 0.129 e. The summed E-state index contributed by atoms with van der Waals surface area (Å²) in [5.41, 5.74) is 1.03. The summed E-state index contributed by atoms with van der Waals surface area (Å²) in [4.78, 5) is 0. The summed E-state index contributed by atoms with van der Waals surface area (Å²) >= 11 is 0. The molecule has 0 saturated heterocycles. The van der Waals surface area contributed by atoms with E-state index in [0.717, 1.165) is 30.8 Å². The van der Waals surface area contributed by atoms with Crippen molar-refractivity contribution in [1.82, 2.24) is 5.32 Å². The van der Waals surface area contributed by atoms with Crippen molar-refractivity contribution in [3.05, 3.63) is 23.7 Å². The third kappa shape index (κ3) is 5.67. The molecular weight excluding hydrogens is 230 g/mol. The van der Waals surface area contributed by atoms with Crippen LogP contribution in [0.1, 0.15) is 38.5 Å². The van der Waals surface area contributed by atoms with Crippen molar-refractivity contribution in [3.8, 4) is 0 Å². The Morgan fingerprint density at radius 1 is 1.39 bits per heavy atom. The predicted octanol–water partition coefficient (Wildman–Crippen LogP) is 2.72. The molecule has 1 heterocycles. The molecule has 1 aromatic heterocycles. The Balaban J connectivity index is 2.21. The van der Waals surface area contributed by atoms with Crippen LogP contribution < -0.4 is 5.32 Å². The van der Waals surface area contributed by atoms with Crippen molar-refractivity contribution in [3.63, 3.8) is 0 Å². The summed E-state index contributed by atoms with van der Waals surface area (Å²) in [5, 5.41) is 3.26. The van der Waals surface area contributed by atoms with E-state index < -0.39 is 0 Å². The fourth-order valence-electron chi connectivity index (χ4n) is 1.46. The van der Waals surface area contributed by atoms with Crippen molar-refractivity contribution < 1.29 is 13.9 Å². The quantitative estimate of drug-likeness (QED) is 0.689. The minimum atomic E-state index is -0.126. The van der Waals surface area contributed by atoms with Crippen LogP contribution in [-0.2, 0) is 22.6 Å². The van der Waals surface area contributed by atoms with Gasteiger partial charge in [-0.25, -0.2) is 0 Å². The van der Waals surface area contributed by atoms with Gasteiger partial charge in [0.1, 0.15) is 12.4 Å². The molecule has 1 aromatic rings. The normalized spacial score (nSPS) is 12.0. The Morgan fingerprint density at radius 3 is 2.83 bits per heavy atom. The van der Waals surface area contributed by atoms with Crippen LogP contribution in [-0.4, -0.2) is 25.9 Å².